The van der Waals surface area contributed by atoms with Crippen molar-refractivity contribution >= 4 is 32.9 Å². The predicted molar refractivity (Wildman–Crippen MR) is 122 cm³/mol. The summed E-state index contributed by atoms with van der Waals surface area (Å²) >= 11 is 1.13. The number of benzene rings is 2. The largest absolute Gasteiger partial charge is 0.378 e. The highest BCUT2D eigenvalue weighted by Crippen LogP contribution is 2.33. The number of rotatable bonds is 7. The average molecular weight is 515 g/mol. The van der Waals surface area contributed by atoms with E-state index >= 15 is 4.39 Å². The molecule has 0 saturated carbocycles. The van der Waals surface area contributed by atoms with Crippen LogP contribution in [0.25, 0.3) is 0 Å². The van der Waals surface area contributed by atoms with Gasteiger partial charge in [0.1, 0.15) is 5.82 Å². The highest BCUT2D eigenvalue weighted by molar-refractivity contribution is 7.92. The monoisotopic (exact) mass is 514 g/mol. The Morgan fingerprint density at radius 1 is 1.18 bits per heavy atom. The minimum Gasteiger partial charge on any atom is -0.378 e. The van der Waals surface area contributed by atoms with Crippen molar-refractivity contribution in [2.75, 3.05) is 23.1 Å². The lowest BCUT2D eigenvalue weighted by molar-refractivity contribution is 0.307. The molecule has 1 saturated heterocycles. The van der Waals surface area contributed by atoms with Gasteiger partial charge in [-0.15, -0.1) is 11.3 Å². The molecule has 0 unspecified atom stereocenters. The van der Waals surface area contributed by atoms with Crippen molar-refractivity contribution in [3.63, 3.8) is 0 Å². The molecule has 0 bridgehead atoms. The van der Waals surface area contributed by atoms with Crippen LogP contribution in [-0.2, 0) is 16.6 Å². The lowest BCUT2D eigenvalue weighted by Gasteiger charge is -2.29. The van der Waals surface area contributed by atoms with Crippen molar-refractivity contribution in [3.05, 3.63) is 69.6 Å². The molecule has 0 spiro atoms. The number of nitrogens with one attached hydrogen (secondary N) is 2. The number of hydrogen-bond donors (Lipinski definition) is 2. The lowest BCUT2D eigenvalue weighted by atomic mass is 10.00. The first-order valence-electron chi connectivity index (χ1n) is 10.3. The van der Waals surface area contributed by atoms with E-state index < -0.39 is 43.7 Å². The van der Waals surface area contributed by atoms with Gasteiger partial charge >= 0.3 is 0 Å². The highest BCUT2D eigenvalue weighted by atomic mass is 32.2. The fourth-order valence-corrected chi connectivity index (χ4v) is 5.80. The Bertz CT molecular complexity index is 1320. The fraction of sp³-hybridized carbons (Fsp3) is 0.318. The van der Waals surface area contributed by atoms with E-state index in [-0.39, 0.29) is 29.2 Å². The molecule has 1 aliphatic heterocycles. The molecule has 0 aliphatic carbocycles. The molecule has 182 valence electrons. The number of thiazole rings is 1. The Hall–Kier alpha value is -2.70. The van der Waals surface area contributed by atoms with Gasteiger partial charge in [-0.2, -0.15) is 0 Å². The number of anilines is 2. The van der Waals surface area contributed by atoms with Gasteiger partial charge in [0.2, 0.25) is 0 Å². The normalized spacial score (nSPS) is 18.9. The zero-order chi connectivity index (χ0) is 24.7. The summed E-state index contributed by atoms with van der Waals surface area (Å²) in [5.74, 6) is -4.29. The van der Waals surface area contributed by atoms with Gasteiger partial charge in [-0.1, -0.05) is 12.1 Å². The summed E-state index contributed by atoms with van der Waals surface area (Å²) in [5, 5.41) is 4.52. The molecular weight excluding hydrogens is 492 g/mol. The third-order valence-corrected chi connectivity index (χ3v) is 7.75. The number of likely N-dealkylation sites (tertiary alicyclic amines) is 1. The summed E-state index contributed by atoms with van der Waals surface area (Å²) in [6, 6.07) is 4.95. The predicted octanol–water partition coefficient (Wildman–Crippen LogP) is 4.89. The molecule has 1 atom stereocenters. The number of nitrogens with zero attached hydrogens (tertiary/aromatic N) is 2. The Morgan fingerprint density at radius 2 is 1.94 bits per heavy atom. The van der Waals surface area contributed by atoms with Crippen LogP contribution >= 0.6 is 11.3 Å². The zero-order valence-corrected chi connectivity index (χ0v) is 20.0. The third kappa shape index (κ3) is 4.89. The Balaban J connectivity index is 1.53. The average Bonchev–Trinajstić information content (AvgIpc) is 3.38. The van der Waals surface area contributed by atoms with Crippen LogP contribution in [-0.4, -0.2) is 36.9 Å². The van der Waals surface area contributed by atoms with Gasteiger partial charge in [-0.25, -0.2) is 31.0 Å². The van der Waals surface area contributed by atoms with Crippen LogP contribution in [0.3, 0.4) is 0 Å². The quantitative estimate of drug-likeness (QED) is 0.440. The van der Waals surface area contributed by atoms with E-state index in [1.54, 1.807) is 0 Å². The SMILES string of the molecule is Cc1c(N[C@]2(C)CCN(Cc3cccc(F)c3F)C2)cc(F)c(S(=O)(=O)Nc2cscn2)c1F. The van der Waals surface area contributed by atoms with E-state index in [0.29, 0.717) is 19.5 Å². The van der Waals surface area contributed by atoms with E-state index in [1.807, 2.05) is 11.8 Å². The molecular formula is C22H22F4N4O2S2. The Labute approximate surface area is 198 Å². The van der Waals surface area contributed by atoms with Crippen molar-refractivity contribution in [1.29, 1.82) is 0 Å². The van der Waals surface area contributed by atoms with Gasteiger partial charge in [0.25, 0.3) is 10.0 Å². The standard InChI is InChI=1S/C22H22F4N4O2S2/c1-13-17(8-16(24)21(19(13)25)34(31,32)29-18-10-33-12-27-18)28-22(2)6-7-30(11-22)9-14-4-3-5-15(23)20(14)26/h3-5,8,10,12,28-29H,6-7,9,11H2,1-2H3/t22-/m1/s1. The smallest absolute Gasteiger partial charge is 0.268 e. The second kappa shape index (κ2) is 9.16. The highest BCUT2D eigenvalue weighted by Gasteiger charge is 2.36. The molecule has 4 rings (SSSR count). The first-order chi connectivity index (χ1) is 16.0. The van der Waals surface area contributed by atoms with Crippen LogP contribution in [0.15, 0.2) is 40.1 Å². The van der Waals surface area contributed by atoms with E-state index in [2.05, 4.69) is 15.0 Å². The Morgan fingerprint density at radius 3 is 2.65 bits per heavy atom. The van der Waals surface area contributed by atoms with E-state index in [9.17, 15) is 21.6 Å². The van der Waals surface area contributed by atoms with Gasteiger partial charge in [0.05, 0.1) is 5.51 Å². The number of aromatic nitrogens is 1. The van der Waals surface area contributed by atoms with Gasteiger partial charge in [-0.3, -0.25) is 9.62 Å². The Kier molecular flexibility index (Phi) is 6.58. The summed E-state index contributed by atoms with van der Waals surface area (Å²) < 4.78 is 84.7. The summed E-state index contributed by atoms with van der Waals surface area (Å²) in [7, 11) is -4.54. The van der Waals surface area contributed by atoms with Gasteiger partial charge in [0.15, 0.2) is 28.2 Å². The molecule has 2 aromatic carbocycles. The first-order valence-corrected chi connectivity index (χ1v) is 12.7. The van der Waals surface area contributed by atoms with Gasteiger partial charge in [0, 0.05) is 47.4 Å². The summed E-state index contributed by atoms with van der Waals surface area (Å²) in [6.07, 6.45) is 0.568. The molecule has 1 aliphatic rings. The van der Waals surface area contributed by atoms with Crippen molar-refractivity contribution in [3.8, 4) is 0 Å². The molecule has 3 aromatic rings. The van der Waals surface area contributed by atoms with Crippen LogP contribution in [0.2, 0.25) is 0 Å². The van der Waals surface area contributed by atoms with Crippen molar-refractivity contribution in [2.24, 2.45) is 0 Å². The van der Waals surface area contributed by atoms with E-state index in [0.717, 1.165) is 23.5 Å². The van der Waals surface area contributed by atoms with Crippen molar-refractivity contribution in [2.45, 2.75) is 37.2 Å². The zero-order valence-electron chi connectivity index (χ0n) is 18.3. The molecule has 1 fully saturated rings. The van der Waals surface area contributed by atoms with Crippen molar-refractivity contribution in [1.82, 2.24) is 9.88 Å². The summed E-state index contributed by atoms with van der Waals surface area (Å²) in [6.45, 7) is 4.34. The minimum absolute atomic E-state index is 0.0306. The summed E-state index contributed by atoms with van der Waals surface area (Å²) in [5.41, 5.74) is 1.03. The van der Waals surface area contributed by atoms with E-state index in [4.69, 9.17) is 0 Å². The topological polar surface area (TPSA) is 74.3 Å². The van der Waals surface area contributed by atoms with Crippen LogP contribution in [0.5, 0.6) is 0 Å². The fourth-order valence-electron chi connectivity index (χ4n) is 4.05. The maximum Gasteiger partial charge on any atom is 0.268 e. The van der Waals surface area contributed by atoms with Crippen molar-refractivity contribution < 1.29 is 26.0 Å². The van der Waals surface area contributed by atoms with Crippen LogP contribution < -0.4 is 10.0 Å². The van der Waals surface area contributed by atoms with Gasteiger partial charge < -0.3 is 5.32 Å². The molecule has 2 heterocycles. The number of sulfonamides is 1. The first kappa shape index (κ1) is 24.4. The second-order valence-corrected chi connectivity index (χ2v) is 10.9. The van der Waals surface area contributed by atoms with Gasteiger partial charge in [-0.05, 0) is 32.4 Å². The lowest BCUT2D eigenvalue weighted by Crippen LogP contribution is -2.38. The third-order valence-electron chi connectivity index (χ3n) is 5.77. The molecule has 0 radical (unpaired) electrons. The molecule has 6 nitrogen and oxygen atoms in total. The minimum atomic E-state index is -4.54. The second-order valence-electron chi connectivity index (χ2n) is 8.51. The molecule has 34 heavy (non-hydrogen) atoms. The number of hydrogen-bond acceptors (Lipinski definition) is 6. The van der Waals surface area contributed by atoms with Crippen LogP contribution in [0.4, 0.5) is 29.1 Å². The molecule has 12 heteroatoms. The number of halogens is 4. The molecule has 2 N–H and O–H groups in total. The van der Waals surface area contributed by atoms with Crippen LogP contribution in [0, 0.1) is 30.2 Å². The maximum atomic E-state index is 15.1. The van der Waals surface area contributed by atoms with Crippen LogP contribution in [0.1, 0.15) is 24.5 Å². The molecule has 1 aromatic heterocycles. The summed E-state index contributed by atoms with van der Waals surface area (Å²) in [4.78, 5) is 4.60. The molecule has 0 amide bonds. The van der Waals surface area contributed by atoms with E-state index in [1.165, 1.54) is 29.9 Å². The maximum absolute atomic E-state index is 15.1.